The minimum atomic E-state index is 1.22. The van der Waals surface area contributed by atoms with Gasteiger partial charge in [0.1, 0.15) is 0 Å². The SMILES string of the molecule is c1cc(-c2cccc(-c3cc4ccccc4c4ccccc34)c2)cc(-c2cc3ccccc3c3ccccc23)c1.c1cc(-c2cccc3ccccc23)cc(-c2c(-c3cccc(-c4cccc5ccccc45)c3)c3ccccc3c3ccccc23)c1.c1ccc2c(c1)cc(-c1ccc(-c3ccc(-c4cc5ccccc5c5ccccc45)cc3)cc1)c1ccccc12. The Hall–Kier alpha value is -16.4. The lowest BCUT2D eigenvalue weighted by molar-refractivity contribution is 1.60. The number of benzene rings is 25. The summed E-state index contributed by atoms with van der Waals surface area (Å²) >= 11 is 0. The fraction of sp³-hybridized carbons (Fsp3) is 0. The van der Waals surface area contributed by atoms with Crippen LogP contribution in [0.15, 0.2) is 497 Å². The van der Waals surface area contributed by atoms with E-state index in [0.29, 0.717) is 0 Å². The monoisotopic (exact) mass is 1590 g/mol. The van der Waals surface area contributed by atoms with Crippen molar-refractivity contribution in [2.24, 2.45) is 0 Å². The molecular formula is C126H82. The van der Waals surface area contributed by atoms with E-state index in [1.165, 1.54) is 241 Å². The third-order valence-corrected chi connectivity index (χ3v) is 25.9. The molecular weight excluding hydrogens is 1510 g/mol. The Balaban J connectivity index is 0.000000109. The lowest BCUT2D eigenvalue weighted by Gasteiger charge is -2.20. The molecule has 0 aliphatic heterocycles. The van der Waals surface area contributed by atoms with Crippen LogP contribution in [0.1, 0.15) is 0 Å². The zero-order chi connectivity index (χ0) is 83.4. The van der Waals surface area contributed by atoms with E-state index in [1.54, 1.807) is 0 Å². The van der Waals surface area contributed by atoms with Crippen LogP contribution in [0.25, 0.3) is 241 Å². The van der Waals surface area contributed by atoms with Crippen molar-refractivity contribution in [3.05, 3.63) is 497 Å². The molecule has 0 aliphatic carbocycles. The first kappa shape index (κ1) is 74.7. The van der Waals surface area contributed by atoms with Crippen LogP contribution in [-0.2, 0) is 0 Å². The predicted octanol–water partition coefficient (Wildman–Crippen LogP) is 35.6. The molecule has 0 bridgehead atoms. The van der Waals surface area contributed by atoms with Crippen molar-refractivity contribution in [1.82, 2.24) is 0 Å². The molecule has 25 aromatic rings. The molecule has 0 nitrogen and oxygen atoms in total. The Morgan fingerprint density at radius 1 is 0.0794 bits per heavy atom. The summed E-state index contributed by atoms with van der Waals surface area (Å²) in [6.07, 6.45) is 0. The summed E-state index contributed by atoms with van der Waals surface area (Å²) in [6.45, 7) is 0. The summed E-state index contributed by atoms with van der Waals surface area (Å²) in [6, 6.07) is 182. The molecule has 586 valence electrons. The van der Waals surface area contributed by atoms with Gasteiger partial charge < -0.3 is 0 Å². The van der Waals surface area contributed by atoms with Gasteiger partial charge in [0.25, 0.3) is 0 Å². The fourth-order valence-corrected chi connectivity index (χ4v) is 20.0. The van der Waals surface area contributed by atoms with Crippen molar-refractivity contribution in [3.63, 3.8) is 0 Å². The summed E-state index contributed by atoms with van der Waals surface area (Å²) in [5, 5.41) is 30.8. The molecule has 0 amide bonds. The van der Waals surface area contributed by atoms with Gasteiger partial charge in [0.15, 0.2) is 0 Å². The molecule has 0 radical (unpaired) electrons. The van der Waals surface area contributed by atoms with E-state index in [2.05, 4.69) is 497 Å². The highest BCUT2D eigenvalue weighted by Gasteiger charge is 2.22. The molecule has 0 fully saturated rings. The van der Waals surface area contributed by atoms with Crippen LogP contribution in [0.4, 0.5) is 0 Å². The van der Waals surface area contributed by atoms with E-state index in [0.717, 1.165) is 0 Å². The molecule has 0 saturated carbocycles. The predicted molar refractivity (Wildman–Crippen MR) is 544 cm³/mol. The summed E-state index contributed by atoms with van der Waals surface area (Å²) in [7, 11) is 0. The average Bonchev–Trinajstić information content (AvgIpc) is 0.733. The van der Waals surface area contributed by atoms with Gasteiger partial charge in [0.2, 0.25) is 0 Å². The van der Waals surface area contributed by atoms with E-state index in [9.17, 15) is 0 Å². The highest BCUT2D eigenvalue weighted by atomic mass is 14.2. The number of rotatable bonds is 10. The second-order valence-electron chi connectivity index (χ2n) is 33.1. The summed E-state index contributed by atoms with van der Waals surface area (Å²) in [4.78, 5) is 0. The average molecular weight is 1600 g/mol. The van der Waals surface area contributed by atoms with Crippen LogP contribution < -0.4 is 0 Å². The van der Waals surface area contributed by atoms with Crippen molar-refractivity contribution in [2.75, 3.05) is 0 Å². The number of hydrogen-bond donors (Lipinski definition) is 0. The Morgan fingerprint density at radius 3 is 0.579 bits per heavy atom. The highest BCUT2D eigenvalue weighted by Crippen LogP contribution is 2.49. The van der Waals surface area contributed by atoms with Crippen LogP contribution in [0.3, 0.4) is 0 Å². The Labute approximate surface area is 732 Å². The van der Waals surface area contributed by atoms with Gasteiger partial charge in [0.05, 0.1) is 0 Å². The second kappa shape index (κ2) is 32.2. The van der Waals surface area contributed by atoms with Crippen molar-refractivity contribution >= 4 is 129 Å². The molecule has 25 rings (SSSR count). The molecule has 0 aliphatic rings. The van der Waals surface area contributed by atoms with Gasteiger partial charge >= 0.3 is 0 Å². The van der Waals surface area contributed by atoms with Crippen molar-refractivity contribution in [1.29, 1.82) is 0 Å². The molecule has 25 aromatic carbocycles. The molecule has 0 saturated heterocycles. The molecule has 0 aromatic heterocycles. The van der Waals surface area contributed by atoms with Crippen molar-refractivity contribution in [3.8, 4) is 111 Å². The van der Waals surface area contributed by atoms with Gasteiger partial charge in [-0.2, -0.15) is 0 Å². The van der Waals surface area contributed by atoms with Crippen LogP contribution in [0, 0.1) is 0 Å². The minimum Gasteiger partial charge on any atom is -0.0616 e. The maximum atomic E-state index is 2.39. The van der Waals surface area contributed by atoms with Gasteiger partial charge in [-0.25, -0.2) is 0 Å². The van der Waals surface area contributed by atoms with Gasteiger partial charge in [0, 0.05) is 0 Å². The molecule has 0 spiro atoms. The summed E-state index contributed by atoms with van der Waals surface area (Å²) < 4.78 is 0. The highest BCUT2D eigenvalue weighted by molar-refractivity contribution is 6.23. The lowest BCUT2D eigenvalue weighted by atomic mass is 9.83. The topological polar surface area (TPSA) is 0 Å². The minimum absolute atomic E-state index is 1.22. The smallest absolute Gasteiger partial charge is 0.00201 e. The van der Waals surface area contributed by atoms with Crippen molar-refractivity contribution in [2.45, 2.75) is 0 Å². The Morgan fingerprint density at radius 2 is 0.270 bits per heavy atom. The van der Waals surface area contributed by atoms with E-state index >= 15 is 0 Å². The van der Waals surface area contributed by atoms with Gasteiger partial charge in [-0.3, -0.25) is 0 Å². The largest absolute Gasteiger partial charge is 0.0616 e. The third-order valence-electron chi connectivity index (χ3n) is 25.9. The normalized spacial score (nSPS) is 11.5. The third kappa shape index (κ3) is 13.6. The molecule has 0 heteroatoms. The van der Waals surface area contributed by atoms with Crippen LogP contribution in [0.5, 0.6) is 0 Å². The van der Waals surface area contributed by atoms with Crippen LogP contribution in [0.2, 0.25) is 0 Å². The van der Waals surface area contributed by atoms with Gasteiger partial charge in [-0.15, -0.1) is 0 Å². The summed E-state index contributed by atoms with van der Waals surface area (Å²) in [5.41, 5.74) is 24.9. The van der Waals surface area contributed by atoms with Crippen LogP contribution in [-0.4, -0.2) is 0 Å². The van der Waals surface area contributed by atoms with Crippen LogP contribution >= 0.6 is 0 Å². The zero-order valence-corrected chi connectivity index (χ0v) is 69.3. The van der Waals surface area contributed by atoms with E-state index in [4.69, 9.17) is 0 Å². The van der Waals surface area contributed by atoms with E-state index in [1.807, 2.05) is 0 Å². The molecule has 0 heterocycles. The number of fused-ring (bicyclic) bond motifs is 17. The molecule has 126 heavy (non-hydrogen) atoms. The van der Waals surface area contributed by atoms with Gasteiger partial charge in [-0.1, -0.05) is 449 Å². The first-order valence-corrected chi connectivity index (χ1v) is 43.7. The quantitative estimate of drug-likeness (QED) is 0.120. The zero-order valence-electron chi connectivity index (χ0n) is 69.3. The Kier molecular flexibility index (Phi) is 19.1. The first-order valence-electron chi connectivity index (χ1n) is 43.7. The fourth-order valence-electron chi connectivity index (χ4n) is 20.0. The first-order chi connectivity index (χ1) is 62.5. The summed E-state index contributed by atoms with van der Waals surface area (Å²) in [5.74, 6) is 0. The Bertz CT molecular complexity index is 8070. The second-order valence-corrected chi connectivity index (χ2v) is 33.1. The maximum Gasteiger partial charge on any atom is -0.00201 e. The van der Waals surface area contributed by atoms with E-state index in [-0.39, 0.29) is 0 Å². The lowest BCUT2D eigenvalue weighted by Crippen LogP contribution is -1.93. The van der Waals surface area contributed by atoms with E-state index < -0.39 is 0 Å². The standard InChI is InChI=1S/C46H30.2C40H26/c1-3-21-37-31(13-1)15-11-27-39(37)33-17-9-19-35(29-33)45-43-25-7-5-23-41(43)42-24-6-8-26-44(42)46(45)36-20-10-18-34(30-36)40-28-12-16-32-14-2-4-22-38(32)40;1-3-17-33-31(11-1)25-39(37-21-7-5-19-35(33)37)29-15-9-13-27(23-29)28-14-10-16-30(24-28)40-26-32-12-2-4-18-34(32)36-20-6-8-22-38(36)40;1-3-11-33-31(9-1)25-39(37-15-7-5-13-35(33)37)29-21-17-27(18-22-29)28-19-23-30(24-20-28)40-26-32-10-2-4-12-34(32)36-14-6-8-16-38(36)40/h1-30H;2*1-26H. The molecule has 0 unspecified atom stereocenters. The molecule has 0 atom stereocenters. The molecule has 0 N–H and O–H groups in total. The maximum absolute atomic E-state index is 2.39. The van der Waals surface area contributed by atoms with Gasteiger partial charge in [-0.05, 0) is 289 Å². The number of hydrogen-bond acceptors (Lipinski definition) is 0. The van der Waals surface area contributed by atoms with Crippen molar-refractivity contribution < 1.29 is 0 Å².